The minimum Gasteiger partial charge on any atom is -0.478 e. The molecule has 0 aliphatic carbocycles. The number of allylic oxidation sites excluding steroid dienone is 1. The van der Waals surface area contributed by atoms with E-state index >= 15 is 0 Å². The molecular weight excluding hydrogens is 322 g/mol. The molecule has 0 amide bonds. The molecule has 2 aromatic rings. The van der Waals surface area contributed by atoms with Crippen LogP contribution in [0, 0.1) is 0 Å². The average molecular weight is 344 g/mol. The number of rotatable bonds is 7. The Labute approximate surface area is 146 Å². The fourth-order valence-corrected chi connectivity index (χ4v) is 2.73. The van der Waals surface area contributed by atoms with Crippen LogP contribution in [-0.2, 0) is 6.42 Å². The Kier molecular flexibility index (Phi) is 6.45. The third-order valence-corrected chi connectivity index (χ3v) is 4.01. The first-order valence-electron chi connectivity index (χ1n) is 8.49. The van der Waals surface area contributed by atoms with Crippen LogP contribution in [0.25, 0.3) is 17.0 Å². The van der Waals surface area contributed by atoms with Crippen molar-refractivity contribution in [1.29, 1.82) is 0 Å². The molecule has 0 radical (unpaired) electrons. The van der Waals surface area contributed by atoms with Crippen LogP contribution in [0.1, 0.15) is 54.6 Å². The Bertz CT molecular complexity index is 777. The van der Waals surface area contributed by atoms with Gasteiger partial charge in [-0.1, -0.05) is 50.6 Å². The predicted molar refractivity (Wildman–Crippen MR) is 96.9 cm³/mol. The minimum absolute atomic E-state index is 0.0214. The molecular formula is C21H22F2O2. The zero-order valence-corrected chi connectivity index (χ0v) is 14.5. The van der Waals surface area contributed by atoms with Crippen LogP contribution in [0.4, 0.5) is 8.78 Å². The Balaban J connectivity index is 2.52. The normalized spacial score (nSPS) is 12.0. The number of aryl methyl sites for hydroxylation is 1. The van der Waals surface area contributed by atoms with Crippen LogP contribution in [0.3, 0.4) is 0 Å². The van der Waals surface area contributed by atoms with E-state index in [9.17, 15) is 18.7 Å². The van der Waals surface area contributed by atoms with Crippen LogP contribution >= 0.6 is 0 Å². The van der Waals surface area contributed by atoms with Gasteiger partial charge in [-0.25, -0.2) is 13.6 Å². The van der Waals surface area contributed by atoms with Gasteiger partial charge in [-0.2, -0.15) is 0 Å². The van der Waals surface area contributed by atoms with Crippen LogP contribution < -0.4 is 0 Å². The summed E-state index contributed by atoms with van der Waals surface area (Å²) < 4.78 is 28.1. The van der Waals surface area contributed by atoms with Crippen molar-refractivity contribution in [2.75, 3.05) is 0 Å². The van der Waals surface area contributed by atoms with Crippen LogP contribution in [0.5, 0.6) is 0 Å². The summed E-state index contributed by atoms with van der Waals surface area (Å²) in [6, 6.07) is 11.5. The van der Waals surface area contributed by atoms with E-state index in [0.29, 0.717) is 17.5 Å². The monoisotopic (exact) mass is 344 g/mol. The van der Waals surface area contributed by atoms with E-state index in [0.717, 1.165) is 18.4 Å². The van der Waals surface area contributed by atoms with E-state index in [-0.39, 0.29) is 17.5 Å². The number of carboxylic acids is 1. The van der Waals surface area contributed by atoms with E-state index in [2.05, 4.69) is 6.92 Å². The molecule has 2 nitrogen and oxygen atoms in total. The van der Waals surface area contributed by atoms with Crippen molar-refractivity contribution >= 4 is 11.8 Å². The number of carbonyl (C=O) groups is 1. The lowest BCUT2D eigenvalue weighted by Crippen LogP contribution is -2.00. The molecule has 1 N–H and O–H groups in total. The summed E-state index contributed by atoms with van der Waals surface area (Å²) in [5.74, 6) is -2.84. The second kappa shape index (κ2) is 8.56. The molecule has 4 heteroatoms. The predicted octanol–water partition coefficient (Wildman–Crippen LogP) is 6.41. The minimum atomic E-state index is -1.10. The molecule has 0 heterocycles. The molecule has 132 valence electrons. The van der Waals surface area contributed by atoms with Gasteiger partial charge in [-0.05, 0) is 41.7 Å². The molecule has 0 saturated carbocycles. The Morgan fingerprint density at radius 1 is 1.00 bits per heavy atom. The highest BCUT2D eigenvalue weighted by atomic mass is 19.2. The van der Waals surface area contributed by atoms with E-state index in [1.807, 2.05) is 24.3 Å². The maximum atomic E-state index is 14.3. The number of carboxylic acid groups (broad SMARTS) is 1. The summed E-state index contributed by atoms with van der Waals surface area (Å²) in [6.07, 6.45) is 2.47. The maximum absolute atomic E-state index is 14.3. The Hall–Kier alpha value is -2.49. The van der Waals surface area contributed by atoms with Crippen molar-refractivity contribution in [3.63, 3.8) is 0 Å². The van der Waals surface area contributed by atoms with E-state index in [4.69, 9.17) is 0 Å². The lowest BCUT2D eigenvalue weighted by atomic mass is 9.95. The molecule has 0 aromatic heterocycles. The standard InChI is InChI=1S/C21H22F2O2/c1-3-5-14-7-9-15(10-8-14)18-13-16(11-12-17(18)21(24)25)20(23)19(22)6-4-2/h7-13H,3-6H2,1-2H3,(H,24,25)/b20-19+. The number of hydrogen-bond donors (Lipinski definition) is 1. The molecule has 2 rings (SSSR count). The van der Waals surface area contributed by atoms with E-state index in [1.54, 1.807) is 6.92 Å². The van der Waals surface area contributed by atoms with Crippen LogP contribution in [-0.4, -0.2) is 11.1 Å². The highest BCUT2D eigenvalue weighted by Gasteiger charge is 2.16. The van der Waals surface area contributed by atoms with E-state index in [1.165, 1.54) is 18.2 Å². The summed E-state index contributed by atoms with van der Waals surface area (Å²) in [5, 5.41) is 9.41. The Morgan fingerprint density at radius 3 is 2.24 bits per heavy atom. The summed E-state index contributed by atoms with van der Waals surface area (Å²) in [7, 11) is 0. The lowest BCUT2D eigenvalue weighted by molar-refractivity contribution is 0.0697. The highest BCUT2D eigenvalue weighted by Crippen LogP contribution is 2.31. The highest BCUT2D eigenvalue weighted by molar-refractivity contribution is 5.96. The van der Waals surface area contributed by atoms with Gasteiger partial charge in [0.25, 0.3) is 0 Å². The SMILES string of the molecule is CCC/C(F)=C(\F)c1ccc(C(=O)O)c(-c2ccc(CCC)cc2)c1. The molecule has 25 heavy (non-hydrogen) atoms. The van der Waals surface area contributed by atoms with Crippen molar-refractivity contribution in [1.82, 2.24) is 0 Å². The van der Waals surface area contributed by atoms with Gasteiger partial charge in [0, 0.05) is 12.0 Å². The molecule has 0 aliphatic rings. The van der Waals surface area contributed by atoms with Gasteiger partial charge in [-0.15, -0.1) is 0 Å². The van der Waals surface area contributed by atoms with Crippen molar-refractivity contribution in [2.24, 2.45) is 0 Å². The van der Waals surface area contributed by atoms with Crippen molar-refractivity contribution < 1.29 is 18.7 Å². The van der Waals surface area contributed by atoms with Gasteiger partial charge in [0.15, 0.2) is 5.83 Å². The largest absolute Gasteiger partial charge is 0.478 e. The van der Waals surface area contributed by atoms with Crippen LogP contribution in [0.15, 0.2) is 48.3 Å². The summed E-state index contributed by atoms with van der Waals surface area (Å²) in [4.78, 5) is 11.5. The van der Waals surface area contributed by atoms with E-state index < -0.39 is 17.6 Å². The van der Waals surface area contributed by atoms with Gasteiger partial charge in [-0.3, -0.25) is 0 Å². The molecule has 0 fully saturated rings. The van der Waals surface area contributed by atoms with Gasteiger partial charge >= 0.3 is 5.97 Å². The summed E-state index contributed by atoms with van der Waals surface area (Å²) in [6.45, 7) is 3.85. The number of hydrogen-bond acceptors (Lipinski definition) is 1. The maximum Gasteiger partial charge on any atom is 0.336 e. The zero-order chi connectivity index (χ0) is 18.4. The Morgan fingerprint density at radius 2 is 1.68 bits per heavy atom. The number of benzene rings is 2. The molecule has 0 saturated heterocycles. The zero-order valence-electron chi connectivity index (χ0n) is 14.5. The smallest absolute Gasteiger partial charge is 0.336 e. The third-order valence-electron chi connectivity index (χ3n) is 4.01. The molecule has 0 aliphatic heterocycles. The first-order chi connectivity index (χ1) is 12.0. The topological polar surface area (TPSA) is 37.3 Å². The first-order valence-corrected chi connectivity index (χ1v) is 8.49. The number of aromatic carboxylic acids is 1. The molecule has 0 unspecified atom stereocenters. The van der Waals surface area contributed by atoms with Gasteiger partial charge in [0.2, 0.25) is 0 Å². The van der Waals surface area contributed by atoms with Crippen molar-refractivity contribution in [3.05, 3.63) is 65.0 Å². The molecule has 0 spiro atoms. The van der Waals surface area contributed by atoms with Crippen molar-refractivity contribution in [3.8, 4) is 11.1 Å². The van der Waals surface area contributed by atoms with Gasteiger partial charge in [0.05, 0.1) is 5.56 Å². The lowest BCUT2D eigenvalue weighted by Gasteiger charge is -2.10. The molecule has 0 bridgehead atoms. The molecule has 0 atom stereocenters. The van der Waals surface area contributed by atoms with Crippen LogP contribution in [0.2, 0.25) is 0 Å². The molecule has 2 aromatic carbocycles. The van der Waals surface area contributed by atoms with Crippen molar-refractivity contribution in [2.45, 2.75) is 39.5 Å². The quantitative estimate of drug-likeness (QED) is 0.630. The van der Waals surface area contributed by atoms with Gasteiger partial charge < -0.3 is 5.11 Å². The summed E-state index contributed by atoms with van der Waals surface area (Å²) in [5.41, 5.74) is 2.33. The second-order valence-electron chi connectivity index (χ2n) is 5.98. The first kappa shape index (κ1) is 18.8. The second-order valence-corrected chi connectivity index (χ2v) is 5.98. The fraction of sp³-hybridized carbons (Fsp3) is 0.286. The summed E-state index contributed by atoms with van der Waals surface area (Å²) >= 11 is 0. The average Bonchev–Trinajstić information content (AvgIpc) is 2.61. The van der Waals surface area contributed by atoms with Gasteiger partial charge in [0.1, 0.15) is 5.83 Å². The third kappa shape index (κ3) is 4.53. The number of halogens is 2. The fourth-order valence-electron chi connectivity index (χ4n) is 2.73.